The summed E-state index contributed by atoms with van der Waals surface area (Å²) in [6.45, 7) is 0.636. The molecule has 0 bridgehead atoms. The summed E-state index contributed by atoms with van der Waals surface area (Å²) in [4.78, 5) is 30.0. The third kappa shape index (κ3) is 4.19. The van der Waals surface area contributed by atoms with E-state index in [0.29, 0.717) is 6.54 Å². The summed E-state index contributed by atoms with van der Waals surface area (Å²) in [7, 11) is 0. The lowest BCUT2D eigenvalue weighted by molar-refractivity contribution is -0.137. The van der Waals surface area contributed by atoms with Crippen LogP contribution in [0.3, 0.4) is 0 Å². The van der Waals surface area contributed by atoms with Crippen LogP contribution in [0.5, 0.6) is 0 Å². The second-order valence-electron chi connectivity index (χ2n) is 6.10. The van der Waals surface area contributed by atoms with Crippen molar-refractivity contribution in [1.29, 1.82) is 0 Å². The molecule has 5 nitrogen and oxygen atoms in total. The number of rotatable bonds is 4. The second-order valence-corrected chi connectivity index (χ2v) is 6.10. The van der Waals surface area contributed by atoms with Crippen LogP contribution < -0.4 is 5.32 Å². The molecule has 1 saturated heterocycles. The Hall–Kier alpha value is -2.90. The first-order chi connectivity index (χ1) is 12.3. The number of hydrogen-bond acceptors (Lipinski definition) is 3. The molecule has 1 aliphatic heterocycles. The summed E-state index contributed by atoms with van der Waals surface area (Å²) in [6, 6.07) is 7.82. The van der Waals surface area contributed by atoms with Gasteiger partial charge in [-0.1, -0.05) is 6.07 Å². The number of anilines is 1. The monoisotopic (exact) mass is 363 g/mol. The van der Waals surface area contributed by atoms with Crippen molar-refractivity contribution in [1.82, 2.24) is 9.88 Å². The average Bonchev–Trinajstić information content (AvgIpc) is 2.96. The van der Waals surface area contributed by atoms with Crippen molar-refractivity contribution < 1.29 is 22.8 Å². The van der Waals surface area contributed by atoms with Gasteiger partial charge in [-0.25, -0.2) is 0 Å². The van der Waals surface area contributed by atoms with Crippen LogP contribution in [0.1, 0.15) is 17.5 Å². The summed E-state index contributed by atoms with van der Waals surface area (Å²) in [5.74, 6) is -1.06. The van der Waals surface area contributed by atoms with Crippen LogP contribution in [0.4, 0.5) is 18.9 Å². The Kier molecular flexibility index (Phi) is 4.92. The van der Waals surface area contributed by atoms with Crippen molar-refractivity contribution in [3.8, 4) is 0 Å². The number of likely N-dealkylation sites (tertiary alicyclic amines) is 1. The summed E-state index contributed by atoms with van der Waals surface area (Å²) < 4.78 is 37.7. The normalized spacial score (nSPS) is 17.4. The molecule has 2 heterocycles. The summed E-state index contributed by atoms with van der Waals surface area (Å²) >= 11 is 0. The fraction of sp³-hybridized carbons (Fsp3) is 0.278. The van der Waals surface area contributed by atoms with Gasteiger partial charge in [0, 0.05) is 37.6 Å². The number of halogens is 3. The maximum Gasteiger partial charge on any atom is 0.416 e. The number of aromatic nitrogens is 1. The molecule has 1 aromatic carbocycles. The summed E-state index contributed by atoms with van der Waals surface area (Å²) in [5, 5.41) is 2.57. The van der Waals surface area contributed by atoms with Gasteiger partial charge < -0.3 is 10.2 Å². The number of nitrogens with one attached hydrogen (secondary N) is 1. The number of hydrogen-bond donors (Lipinski definition) is 1. The van der Waals surface area contributed by atoms with Gasteiger partial charge >= 0.3 is 6.18 Å². The van der Waals surface area contributed by atoms with Crippen molar-refractivity contribution in [3.05, 3.63) is 59.9 Å². The molecule has 0 saturated carbocycles. The van der Waals surface area contributed by atoms with Gasteiger partial charge in [-0.05, 0) is 35.9 Å². The Morgan fingerprint density at radius 3 is 2.58 bits per heavy atom. The van der Waals surface area contributed by atoms with Gasteiger partial charge in [0.25, 0.3) is 0 Å². The number of alkyl halides is 3. The van der Waals surface area contributed by atoms with Crippen LogP contribution in [0.15, 0.2) is 48.8 Å². The molecule has 1 N–H and O–H groups in total. The molecular weight excluding hydrogens is 347 g/mol. The predicted molar refractivity (Wildman–Crippen MR) is 87.8 cm³/mol. The Balaban J connectivity index is 1.59. The van der Waals surface area contributed by atoms with E-state index >= 15 is 0 Å². The minimum Gasteiger partial charge on any atom is -0.337 e. The van der Waals surface area contributed by atoms with E-state index in [1.54, 1.807) is 23.4 Å². The molecule has 2 aromatic rings. The van der Waals surface area contributed by atoms with Gasteiger partial charge in [0.1, 0.15) is 0 Å². The fourth-order valence-corrected chi connectivity index (χ4v) is 2.80. The van der Waals surface area contributed by atoms with Gasteiger partial charge in [-0.3, -0.25) is 14.6 Å². The number of pyridine rings is 1. The van der Waals surface area contributed by atoms with Crippen molar-refractivity contribution in [2.45, 2.75) is 19.1 Å². The molecule has 1 fully saturated rings. The number of carbonyl (C=O) groups is 2. The van der Waals surface area contributed by atoms with Crippen LogP contribution in [-0.4, -0.2) is 28.2 Å². The van der Waals surface area contributed by atoms with Crippen molar-refractivity contribution in [2.24, 2.45) is 5.92 Å². The smallest absolute Gasteiger partial charge is 0.337 e. The van der Waals surface area contributed by atoms with Gasteiger partial charge in [0.05, 0.1) is 11.5 Å². The molecular formula is C18H16F3N3O2. The van der Waals surface area contributed by atoms with Gasteiger partial charge in [0.2, 0.25) is 11.8 Å². The minimum absolute atomic E-state index is 0.0761. The van der Waals surface area contributed by atoms with Gasteiger partial charge in [0.15, 0.2) is 0 Å². The highest BCUT2D eigenvalue weighted by molar-refractivity contribution is 5.97. The molecule has 3 rings (SSSR count). The van der Waals surface area contributed by atoms with Gasteiger partial charge in [-0.15, -0.1) is 0 Å². The van der Waals surface area contributed by atoms with Crippen LogP contribution in [0.25, 0.3) is 0 Å². The third-order valence-electron chi connectivity index (χ3n) is 4.16. The largest absolute Gasteiger partial charge is 0.416 e. The van der Waals surface area contributed by atoms with E-state index in [1.807, 2.05) is 6.07 Å². The number of carbonyl (C=O) groups excluding carboxylic acids is 2. The number of amides is 2. The van der Waals surface area contributed by atoms with E-state index in [4.69, 9.17) is 0 Å². The van der Waals surface area contributed by atoms with Crippen molar-refractivity contribution in [3.63, 3.8) is 0 Å². The zero-order valence-corrected chi connectivity index (χ0v) is 13.7. The van der Waals surface area contributed by atoms with E-state index in [2.05, 4.69) is 10.3 Å². The SMILES string of the molecule is O=C(Nc1ccc(C(F)(F)F)cc1)C1CC(=O)N(Cc2cccnc2)C1. The fourth-order valence-electron chi connectivity index (χ4n) is 2.80. The van der Waals surface area contributed by atoms with Crippen LogP contribution in [-0.2, 0) is 22.3 Å². The molecule has 136 valence electrons. The highest BCUT2D eigenvalue weighted by atomic mass is 19.4. The maximum atomic E-state index is 12.6. The zero-order valence-electron chi connectivity index (χ0n) is 13.7. The standard InChI is InChI=1S/C18H16F3N3O2/c19-18(20,21)14-3-5-15(6-4-14)23-17(26)13-8-16(25)24(11-13)10-12-2-1-7-22-9-12/h1-7,9,13H,8,10-11H2,(H,23,26). The summed E-state index contributed by atoms with van der Waals surface area (Å²) in [6.07, 6.45) is -1.06. The Labute approximate surface area is 147 Å². The molecule has 0 radical (unpaired) electrons. The predicted octanol–water partition coefficient (Wildman–Crippen LogP) is 3.09. The molecule has 1 aliphatic rings. The first-order valence-electron chi connectivity index (χ1n) is 7.98. The molecule has 0 spiro atoms. The van der Waals surface area contributed by atoms with Crippen LogP contribution >= 0.6 is 0 Å². The summed E-state index contributed by atoms with van der Waals surface area (Å²) in [5.41, 5.74) is 0.347. The Morgan fingerprint density at radius 2 is 1.96 bits per heavy atom. The lowest BCUT2D eigenvalue weighted by atomic mass is 10.1. The lowest BCUT2D eigenvalue weighted by Gasteiger charge is -2.16. The van der Waals surface area contributed by atoms with Gasteiger partial charge in [-0.2, -0.15) is 13.2 Å². The first-order valence-corrected chi connectivity index (χ1v) is 7.98. The Morgan fingerprint density at radius 1 is 1.23 bits per heavy atom. The number of benzene rings is 1. The molecule has 1 unspecified atom stereocenters. The zero-order chi connectivity index (χ0) is 18.7. The van der Waals surface area contributed by atoms with E-state index in [9.17, 15) is 22.8 Å². The van der Waals surface area contributed by atoms with Crippen LogP contribution in [0.2, 0.25) is 0 Å². The van der Waals surface area contributed by atoms with E-state index in [-0.39, 0.29) is 30.5 Å². The second kappa shape index (κ2) is 7.15. The molecule has 0 aliphatic carbocycles. The molecule has 2 amide bonds. The molecule has 1 aromatic heterocycles. The van der Waals surface area contributed by atoms with Crippen molar-refractivity contribution in [2.75, 3.05) is 11.9 Å². The van der Waals surface area contributed by atoms with E-state index in [0.717, 1.165) is 17.7 Å². The third-order valence-corrected chi connectivity index (χ3v) is 4.16. The van der Waals surface area contributed by atoms with Crippen molar-refractivity contribution >= 4 is 17.5 Å². The van der Waals surface area contributed by atoms with E-state index in [1.165, 1.54) is 12.1 Å². The minimum atomic E-state index is -4.42. The van der Waals surface area contributed by atoms with Crippen LogP contribution in [0, 0.1) is 5.92 Å². The Bertz CT molecular complexity index is 792. The first kappa shape index (κ1) is 17.9. The topological polar surface area (TPSA) is 62.3 Å². The molecule has 26 heavy (non-hydrogen) atoms. The number of nitrogens with zero attached hydrogens (tertiary/aromatic N) is 2. The van der Waals surface area contributed by atoms with E-state index < -0.39 is 17.7 Å². The highest BCUT2D eigenvalue weighted by Crippen LogP contribution is 2.30. The average molecular weight is 363 g/mol. The molecule has 1 atom stereocenters. The quantitative estimate of drug-likeness (QED) is 0.908. The lowest BCUT2D eigenvalue weighted by Crippen LogP contribution is -2.28. The maximum absolute atomic E-state index is 12.6. The molecule has 8 heteroatoms. The highest BCUT2D eigenvalue weighted by Gasteiger charge is 2.34.